The monoisotopic (exact) mass is 228 g/mol. The smallest absolute Gasteiger partial charge is 0.157 e. The fourth-order valence-electron chi connectivity index (χ4n) is 1.79. The molecule has 1 atom stereocenters. The number of nitrogens with one attached hydrogen (secondary N) is 1. The Kier molecular flexibility index (Phi) is 2.56. The first-order valence-electron chi connectivity index (χ1n) is 4.96. The maximum absolute atomic E-state index is 11.6. The molecule has 84 valence electrons. The van der Waals surface area contributed by atoms with Gasteiger partial charge in [0.05, 0.1) is 15.4 Å². The number of nitrogens with zero attached hydrogens (tertiary/aromatic N) is 3. The lowest BCUT2D eigenvalue weighted by atomic mass is 10.4. The Bertz CT molecular complexity index is 462. The van der Waals surface area contributed by atoms with E-state index in [1.165, 1.54) is 6.26 Å². The van der Waals surface area contributed by atoms with E-state index < -0.39 is 9.73 Å². The van der Waals surface area contributed by atoms with E-state index in [2.05, 4.69) is 17.0 Å². The summed E-state index contributed by atoms with van der Waals surface area (Å²) < 4.78 is 20.9. The molecule has 1 aliphatic rings. The predicted molar refractivity (Wildman–Crippen MR) is 58.2 cm³/mol. The summed E-state index contributed by atoms with van der Waals surface area (Å²) in [6.07, 6.45) is 2.46. The number of rotatable bonds is 1. The van der Waals surface area contributed by atoms with Crippen molar-refractivity contribution in [2.75, 3.05) is 19.8 Å². The minimum absolute atomic E-state index is 0.410. The van der Waals surface area contributed by atoms with E-state index in [-0.39, 0.29) is 0 Å². The van der Waals surface area contributed by atoms with Gasteiger partial charge in [-0.05, 0) is 19.5 Å². The maximum Gasteiger partial charge on any atom is 0.157 e. The van der Waals surface area contributed by atoms with Crippen molar-refractivity contribution >= 4 is 9.73 Å². The number of aromatic nitrogens is 2. The highest BCUT2D eigenvalue weighted by atomic mass is 32.2. The molecule has 0 bridgehead atoms. The summed E-state index contributed by atoms with van der Waals surface area (Å²) in [7, 11) is -0.615. The van der Waals surface area contributed by atoms with E-state index in [9.17, 15) is 4.21 Å². The Morgan fingerprint density at radius 2 is 2.27 bits per heavy atom. The van der Waals surface area contributed by atoms with E-state index in [1.807, 2.05) is 4.68 Å². The second-order valence-corrected chi connectivity index (χ2v) is 6.24. The van der Waals surface area contributed by atoms with Crippen LogP contribution in [-0.2, 0) is 22.8 Å². The van der Waals surface area contributed by atoms with Crippen molar-refractivity contribution in [3.63, 3.8) is 0 Å². The van der Waals surface area contributed by atoms with Gasteiger partial charge in [-0.3, -0.25) is 4.68 Å². The van der Waals surface area contributed by atoms with Crippen LogP contribution in [0.2, 0.25) is 0 Å². The highest BCUT2D eigenvalue weighted by Crippen LogP contribution is 2.15. The first kappa shape index (κ1) is 10.6. The lowest BCUT2D eigenvalue weighted by molar-refractivity contribution is 0.332. The Morgan fingerprint density at radius 1 is 1.53 bits per heavy atom. The van der Waals surface area contributed by atoms with Crippen LogP contribution in [0.4, 0.5) is 0 Å². The molecule has 15 heavy (non-hydrogen) atoms. The molecular weight excluding hydrogens is 212 g/mol. The van der Waals surface area contributed by atoms with E-state index in [1.54, 1.807) is 6.07 Å². The van der Waals surface area contributed by atoms with E-state index in [4.69, 9.17) is 4.78 Å². The third-order valence-electron chi connectivity index (χ3n) is 2.58. The SMILES string of the molecule is CN1CCCn2nc(S(C)(=N)=O)cc2C1. The first-order valence-corrected chi connectivity index (χ1v) is 6.92. The number of fused-ring (bicyclic) bond motifs is 1. The van der Waals surface area contributed by atoms with Crippen LogP contribution < -0.4 is 0 Å². The number of hydrogen-bond acceptors (Lipinski definition) is 4. The minimum atomic E-state index is -2.68. The highest BCUT2D eigenvalue weighted by molar-refractivity contribution is 7.91. The molecule has 6 heteroatoms. The molecule has 0 spiro atoms. The summed E-state index contributed by atoms with van der Waals surface area (Å²) in [5.74, 6) is 0. The summed E-state index contributed by atoms with van der Waals surface area (Å²) >= 11 is 0. The summed E-state index contributed by atoms with van der Waals surface area (Å²) in [4.78, 5) is 2.21. The average molecular weight is 228 g/mol. The summed E-state index contributed by atoms with van der Waals surface area (Å²) in [5, 5.41) is 4.65. The fraction of sp³-hybridized carbons (Fsp3) is 0.667. The van der Waals surface area contributed by atoms with Gasteiger partial charge in [-0.15, -0.1) is 0 Å². The van der Waals surface area contributed by atoms with Gasteiger partial charge in [-0.1, -0.05) is 0 Å². The molecule has 0 fully saturated rings. The van der Waals surface area contributed by atoms with Crippen molar-refractivity contribution in [2.45, 2.75) is 24.5 Å². The number of hydrogen-bond donors (Lipinski definition) is 1. The van der Waals surface area contributed by atoms with Gasteiger partial charge in [-0.2, -0.15) is 5.10 Å². The zero-order valence-electron chi connectivity index (χ0n) is 9.06. The molecule has 2 rings (SSSR count). The molecule has 1 aliphatic heterocycles. The zero-order valence-corrected chi connectivity index (χ0v) is 9.88. The van der Waals surface area contributed by atoms with E-state index in [0.29, 0.717) is 5.03 Å². The first-order chi connectivity index (χ1) is 6.97. The van der Waals surface area contributed by atoms with Gasteiger partial charge >= 0.3 is 0 Å². The molecule has 0 radical (unpaired) electrons. The molecule has 0 amide bonds. The van der Waals surface area contributed by atoms with Crippen LogP contribution in [0.25, 0.3) is 0 Å². The molecular formula is C9H16N4OS. The molecule has 1 aromatic heterocycles. The van der Waals surface area contributed by atoms with Crippen LogP contribution >= 0.6 is 0 Å². The lowest BCUT2D eigenvalue weighted by Gasteiger charge is -2.10. The molecule has 0 saturated carbocycles. The van der Waals surface area contributed by atoms with Crippen LogP contribution in [0.3, 0.4) is 0 Å². The highest BCUT2D eigenvalue weighted by Gasteiger charge is 2.16. The predicted octanol–water partition coefficient (Wildman–Crippen LogP) is 0.754. The van der Waals surface area contributed by atoms with Crippen LogP contribution in [0.5, 0.6) is 0 Å². The largest absolute Gasteiger partial charge is 0.300 e. The third-order valence-corrected chi connectivity index (χ3v) is 3.58. The van der Waals surface area contributed by atoms with E-state index in [0.717, 1.165) is 31.7 Å². The molecule has 1 unspecified atom stereocenters. The average Bonchev–Trinajstić information content (AvgIpc) is 2.41. The summed E-state index contributed by atoms with van der Waals surface area (Å²) in [6.45, 7) is 2.73. The van der Waals surface area contributed by atoms with Crippen molar-refractivity contribution in [1.82, 2.24) is 14.7 Å². The standard InChI is InChI=1S/C9H16N4OS/c1-12-4-3-5-13-8(7-12)6-9(11-13)15(2,10)14/h6,10H,3-5,7H2,1-2H3. The molecule has 5 nitrogen and oxygen atoms in total. The van der Waals surface area contributed by atoms with Crippen molar-refractivity contribution < 1.29 is 4.21 Å². The molecule has 1 N–H and O–H groups in total. The molecule has 1 aromatic rings. The second kappa shape index (κ2) is 3.61. The zero-order chi connectivity index (χ0) is 11.1. The topological polar surface area (TPSA) is 62.0 Å². The molecule has 0 aromatic carbocycles. The Labute approximate surface area is 90.1 Å². The fourth-order valence-corrected chi connectivity index (χ4v) is 2.40. The van der Waals surface area contributed by atoms with Gasteiger partial charge in [-0.25, -0.2) is 8.99 Å². The summed E-state index contributed by atoms with van der Waals surface area (Å²) in [6, 6.07) is 1.80. The Hall–Kier alpha value is -0.880. The maximum atomic E-state index is 11.6. The Balaban J connectivity index is 2.40. The van der Waals surface area contributed by atoms with Crippen molar-refractivity contribution in [1.29, 1.82) is 4.78 Å². The van der Waals surface area contributed by atoms with Crippen molar-refractivity contribution in [3.05, 3.63) is 11.8 Å². The van der Waals surface area contributed by atoms with Gasteiger partial charge < -0.3 is 4.90 Å². The van der Waals surface area contributed by atoms with Crippen LogP contribution in [0.15, 0.2) is 11.1 Å². The normalized spacial score (nSPS) is 21.7. The van der Waals surface area contributed by atoms with Crippen molar-refractivity contribution in [3.8, 4) is 0 Å². The van der Waals surface area contributed by atoms with Gasteiger partial charge in [0.2, 0.25) is 0 Å². The van der Waals surface area contributed by atoms with E-state index >= 15 is 0 Å². The Morgan fingerprint density at radius 3 is 2.93 bits per heavy atom. The van der Waals surface area contributed by atoms with Crippen LogP contribution in [0.1, 0.15) is 12.1 Å². The van der Waals surface area contributed by atoms with Gasteiger partial charge in [0.15, 0.2) is 5.03 Å². The minimum Gasteiger partial charge on any atom is -0.300 e. The molecule has 0 aliphatic carbocycles. The van der Waals surface area contributed by atoms with Crippen molar-refractivity contribution in [2.24, 2.45) is 0 Å². The molecule has 2 heterocycles. The van der Waals surface area contributed by atoms with Gasteiger partial charge in [0.1, 0.15) is 0 Å². The lowest BCUT2D eigenvalue weighted by Crippen LogP contribution is -2.17. The second-order valence-electron chi connectivity index (χ2n) is 4.13. The van der Waals surface area contributed by atoms with Gasteiger partial charge in [0.25, 0.3) is 0 Å². The van der Waals surface area contributed by atoms with Crippen LogP contribution in [0, 0.1) is 4.78 Å². The quantitative estimate of drug-likeness (QED) is 0.771. The number of aryl methyl sites for hydroxylation is 1. The van der Waals surface area contributed by atoms with Gasteiger partial charge in [0, 0.05) is 25.9 Å². The van der Waals surface area contributed by atoms with Crippen LogP contribution in [-0.4, -0.2) is 38.7 Å². The third kappa shape index (κ3) is 2.21. The summed E-state index contributed by atoms with van der Waals surface area (Å²) in [5.41, 5.74) is 1.06. The molecule has 0 saturated heterocycles.